The first kappa shape index (κ1) is 19.3. The summed E-state index contributed by atoms with van der Waals surface area (Å²) in [4.78, 5) is 30.0. The maximum Gasteiger partial charge on any atom is 0.276 e. The first-order valence-corrected chi connectivity index (χ1v) is 9.24. The number of hydrogen-bond donors (Lipinski definition) is 2. The lowest BCUT2D eigenvalue weighted by atomic mass is 10.0. The molecule has 0 bridgehead atoms. The van der Waals surface area contributed by atoms with Crippen LogP contribution in [0.4, 0.5) is 5.69 Å². The number of nitrogens with zero attached hydrogens (tertiary/aromatic N) is 2. The molecule has 1 aromatic heterocycles. The number of para-hydroxylation sites is 1. The van der Waals surface area contributed by atoms with E-state index in [4.69, 9.17) is 9.47 Å². The molecule has 1 atom stereocenters. The Bertz CT molecular complexity index is 1090. The molecule has 0 spiro atoms. The first-order valence-electron chi connectivity index (χ1n) is 9.24. The van der Waals surface area contributed by atoms with Crippen LogP contribution in [0.2, 0.25) is 0 Å². The summed E-state index contributed by atoms with van der Waals surface area (Å²) >= 11 is 0. The lowest BCUT2D eigenvalue weighted by Gasteiger charge is -2.38. The standard InChI is InChI=1S/C22H20N4O4/c1-29-15-7-8-19(30-2)17(13-15)20-24-18-6-4-3-5-16(18)22(28)26(20)25-21(27)14-9-11-23-12-10-14/h3-13,20,24H,1-2H3,(H,25,27)/t20-/m1/s1. The second-order valence-corrected chi connectivity index (χ2v) is 6.55. The molecule has 30 heavy (non-hydrogen) atoms. The number of fused-ring (bicyclic) bond motifs is 1. The van der Waals surface area contributed by atoms with Gasteiger partial charge < -0.3 is 14.8 Å². The average molecular weight is 404 g/mol. The minimum absolute atomic E-state index is 0.346. The molecule has 0 saturated carbocycles. The Morgan fingerprint density at radius 3 is 2.57 bits per heavy atom. The van der Waals surface area contributed by atoms with Crippen molar-refractivity contribution in [2.75, 3.05) is 19.5 Å². The summed E-state index contributed by atoms with van der Waals surface area (Å²) in [5, 5.41) is 4.59. The minimum atomic E-state index is -0.719. The van der Waals surface area contributed by atoms with Crippen molar-refractivity contribution >= 4 is 17.5 Å². The predicted molar refractivity (Wildman–Crippen MR) is 110 cm³/mol. The first-order chi connectivity index (χ1) is 14.6. The average Bonchev–Trinajstić information content (AvgIpc) is 2.80. The van der Waals surface area contributed by atoms with Gasteiger partial charge in [0.2, 0.25) is 0 Å². The van der Waals surface area contributed by atoms with E-state index in [-0.39, 0.29) is 5.91 Å². The molecule has 2 amide bonds. The molecule has 2 aromatic carbocycles. The van der Waals surface area contributed by atoms with Crippen molar-refractivity contribution in [3.05, 3.63) is 83.7 Å². The third-order valence-electron chi connectivity index (χ3n) is 4.82. The van der Waals surface area contributed by atoms with Gasteiger partial charge in [-0.05, 0) is 42.5 Å². The summed E-state index contributed by atoms with van der Waals surface area (Å²) in [7, 11) is 3.10. The number of nitrogens with one attached hydrogen (secondary N) is 2. The molecule has 0 unspecified atom stereocenters. The smallest absolute Gasteiger partial charge is 0.276 e. The predicted octanol–water partition coefficient (Wildman–Crippen LogP) is 3.01. The fourth-order valence-electron chi connectivity index (χ4n) is 3.32. The van der Waals surface area contributed by atoms with E-state index < -0.39 is 12.1 Å². The van der Waals surface area contributed by atoms with Crippen molar-refractivity contribution in [1.29, 1.82) is 0 Å². The fourth-order valence-corrected chi connectivity index (χ4v) is 3.32. The highest BCUT2D eigenvalue weighted by Crippen LogP contribution is 2.37. The zero-order valence-corrected chi connectivity index (χ0v) is 16.5. The van der Waals surface area contributed by atoms with Gasteiger partial charge in [-0.3, -0.25) is 20.0 Å². The Kier molecular flexibility index (Phi) is 5.21. The lowest BCUT2D eigenvalue weighted by molar-refractivity contribution is 0.0488. The summed E-state index contributed by atoms with van der Waals surface area (Å²) in [6, 6.07) is 15.6. The van der Waals surface area contributed by atoms with Crippen molar-refractivity contribution in [3.63, 3.8) is 0 Å². The van der Waals surface area contributed by atoms with E-state index in [2.05, 4.69) is 15.7 Å². The van der Waals surface area contributed by atoms with E-state index in [0.717, 1.165) is 0 Å². The van der Waals surface area contributed by atoms with Crippen LogP contribution in [0.15, 0.2) is 67.0 Å². The Labute approximate surface area is 173 Å². The van der Waals surface area contributed by atoms with Gasteiger partial charge in [0.1, 0.15) is 11.5 Å². The fraction of sp³-hybridized carbons (Fsp3) is 0.136. The molecule has 0 radical (unpaired) electrons. The van der Waals surface area contributed by atoms with Crippen LogP contribution in [0, 0.1) is 0 Å². The van der Waals surface area contributed by atoms with Crippen LogP contribution in [0.25, 0.3) is 0 Å². The summed E-state index contributed by atoms with van der Waals surface area (Å²) in [6.45, 7) is 0. The quantitative estimate of drug-likeness (QED) is 0.679. The molecule has 152 valence electrons. The molecule has 1 aliphatic rings. The summed E-state index contributed by atoms with van der Waals surface area (Å²) in [5.74, 6) is 0.364. The van der Waals surface area contributed by atoms with E-state index >= 15 is 0 Å². The Morgan fingerprint density at radius 2 is 1.83 bits per heavy atom. The van der Waals surface area contributed by atoms with Crippen LogP contribution in [0.1, 0.15) is 32.4 Å². The van der Waals surface area contributed by atoms with Crippen LogP contribution in [0.5, 0.6) is 11.5 Å². The van der Waals surface area contributed by atoms with Gasteiger partial charge in [0.05, 0.1) is 19.8 Å². The molecule has 4 rings (SSSR count). The minimum Gasteiger partial charge on any atom is -0.497 e. The Hall–Kier alpha value is -4.07. The number of benzene rings is 2. The number of methoxy groups -OCH3 is 2. The molecule has 3 aromatic rings. The lowest BCUT2D eigenvalue weighted by Crippen LogP contribution is -2.53. The van der Waals surface area contributed by atoms with E-state index in [1.54, 1.807) is 56.7 Å². The summed E-state index contributed by atoms with van der Waals surface area (Å²) in [5.41, 5.74) is 4.85. The molecule has 0 fully saturated rings. The second-order valence-electron chi connectivity index (χ2n) is 6.55. The van der Waals surface area contributed by atoms with Gasteiger partial charge >= 0.3 is 0 Å². The molecule has 0 saturated heterocycles. The van der Waals surface area contributed by atoms with Crippen LogP contribution in [0.3, 0.4) is 0 Å². The molecule has 8 nitrogen and oxygen atoms in total. The highest BCUT2D eigenvalue weighted by atomic mass is 16.5. The second kappa shape index (κ2) is 8.12. The number of ether oxygens (including phenoxy) is 2. The van der Waals surface area contributed by atoms with Crippen molar-refractivity contribution < 1.29 is 19.1 Å². The van der Waals surface area contributed by atoms with E-state index in [1.165, 1.54) is 17.4 Å². The van der Waals surface area contributed by atoms with Crippen LogP contribution < -0.4 is 20.2 Å². The highest BCUT2D eigenvalue weighted by Gasteiger charge is 2.36. The van der Waals surface area contributed by atoms with Crippen LogP contribution >= 0.6 is 0 Å². The third kappa shape index (κ3) is 3.50. The van der Waals surface area contributed by atoms with E-state index in [1.807, 2.05) is 12.1 Å². The maximum atomic E-state index is 13.3. The summed E-state index contributed by atoms with van der Waals surface area (Å²) < 4.78 is 10.9. The third-order valence-corrected chi connectivity index (χ3v) is 4.82. The number of hydrogen-bond acceptors (Lipinski definition) is 6. The molecule has 2 heterocycles. The number of hydrazine groups is 1. The zero-order chi connectivity index (χ0) is 21.1. The molecular formula is C22H20N4O4. The van der Waals surface area contributed by atoms with Gasteiger partial charge in [0, 0.05) is 29.2 Å². The number of amides is 2. The number of pyridine rings is 1. The number of rotatable bonds is 5. The van der Waals surface area contributed by atoms with Gasteiger partial charge in [-0.1, -0.05) is 12.1 Å². The van der Waals surface area contributed by atoms with E-state index in [0.29, 0.717) is 33.9 Å². The van der Waals surface area contributed by atoms with Gasteiger partial charge in [-0.15, -0.1) is 0 Å². The Morgan fingerprint density at radius 1 is 1.07 bits per heavy atom. The molecule has 8 heteroatoms. The zero-order valence-electron chi connectivity index (χ0n) is 16.5. The van der Waals surface area contributed by atoms with Crippen LogP contribution in [-0.4, -0.2) is 36.0 Å². The van der Waals surface area contributed by atoms with E-state index in [9.17, 15) is 9.59 Å². The molecule has 1 aliphatic heterocycles. The molecule has 0 aliphatic carbocycles. The number of carbonyl (C=O) groups is 2. The van der Waals surface area contributed by atoms with Gasteiger partial charge in [0.25, 0.3) is 11.8 Å². The normalized spacial score (nSPS) is 15.1. The topological polar surface area (TPSA) is 92.8 Å². The number of anilines is 1. The van der Waals surface area contributed by atoms with Crippen LogP contribution in [-0.2, 0) is 0 Å². The monoisotopic (exact) mass is 404 g/mol. The molecular weight excluding hydrogens is 384 g/mol. The molecule has 2 N–H and O–H groups in total. The van der Waals surface area contributed by atoms with Crippen molar-refractivity contribution in [2.24, 2.45) is 0 Å². The van der Waals surface area contributed by atoms with Gasteiger partial charge in [-0.2, -0.15) is 0 Å². The SMILES string of the molecule is COc1ccc(OC)c([C@@H]2Nc3ccccc3C(=O)N2NC(=O)c2ccncc2)c1. The Balaban J connectivity index is 1.78. The van der Waals surface area contributed by atoms with Gasteiger partial charge in [0.15, 0.2) is 6.17 Å². The maximum absolute atomic E-state index is 13.3. The van der Waals surface area contributed by atoms with Crippen molar-refractivity contribution in [2.45, 2.75) is 6.17 Å². The van der Waals surface area contributed by atoms with Crippen molar-refractivity contribution in [3.8, 4) is 11.5 Å². The van der Waals surface area contributed by atoms with Crippen molar-refractivity contribution in [1.82, 2.24) is 15.4 Å². The highest BCUT2D eigenvalue weighted by molar-refractivity contribution is 6.04. The largest absolute Gasteiger partial charge is 0.497 e. The summed E-state index contributed by atoms with van der Waals surface area (Å²) in [6.07, 6.45) is 2.31. The number of carbonyl (C=O) groups excluding carboxylic acids is 2. The number of aromatic nitrogens is 1. The van der Waals surface area contributed by atoms with Gasteiger partial charge in [-0.25, -0.2) is 5.01 Å².